The lowest BCUT2D eigenvalue weighted by molar-refractivity contribution is 0.301. The first kappa shape index (κ1) is 29.9. The molecule has 0 aromatic carbocycles. The van der Waals surface area contributed by atoms with Crippen molar-refractivity contribution < 1.29 is 0 Å². The van der Waals surface area contributed by atoms with E-state index in [1.54, 1.807) is 0 Å². The molecule has 0 unspecified atom stereocenters. The van der Waals surface area contributed by atoms with Crippen molar-refractivity contribution in [1.29, 1.82) is 0 Å². The third-order valence-electron chi connectivity index (χ3n) is 6.62. The minimum atomic E-state index is 1.30. The lowest BCUT2D eigenvalue weighted by Gasteiger charge is -2.17. The van der Waals surface area contributed by atoms with Crippen LogP contribution in [0.1, 0.15) is 142 Å². The molecular formula is C28H60N2. The molecule has 0 radical (unpaired) electrons. The molecule has 2 heteroatoms. The highest BCUT2D eigenvalue weighted by Crippen LogP contribution is 2.10. The molecule has 0 rings (SSSR count). The van der Waals surface area contributed by atoms with Crippen molar-refractivity contribution >= 4 is 0 Å². The summed E-state index contributed by atoms with van der Waals surface area (Å²) < 4.78 is 0. The molecule has 0 saturated heterocycles. The molecule has 0 aromatic heterocycles. The van der Waals surface area contributed by atoms with Crippen LogP contribution in [-0.2, 0) is 0 Å². The number of nitrogens with zero attached hydrogens (tertiary/aromatic N) is 2. The van der Waals surface area contributed by atoms with Gasteiger partial charge in [0.2, 0.25) is 0 Å². The van der Waals surface area contributed by atoms with Crippen LogP contribution in [0.15, 0.2) is 0 Å². The molecule has 182 valence electrons. The number of hydrogen-bond acceptors (Lipinski definition) is 2. The number of hydrogen-bond donors (Lipinski definition) is 0. The van der Waals surface area contributed by atoms with E-state index < -0.39 is 0 Å². The summed E-state index contributed by atoms with van der Waals surface area (Å²) in [6, 6.07) is 0. The number of rotatable bonds is 25. The Balaban J connectivity index is 3.25. The minimum absolute atomic E-state index is 1.30. The third-order valence-corrected chi connectivity index (χ3v) is 6.62. The monoisotopic (exact) mass is 424 g/mol. The van der Waals surface area contributed by atoms with Gasteiger partial charge in [0.25, 0.3) is 0 Å². The maximum Gasteiger partial charge on any atom is -0.00218 e. The zero-order valence-corrected chi connectivity index (χ0v) is 21.9. The first-order valence-corrected chi connectivity index (χ1v) is 14.1. The van der Waals surface area contributed by atoms with Gasteiger partial charge in [-0.25, -0.2) is 0 Å². The molecule has 0 fully saturated rings. The SMILES string of the molecule is CCCCCCCCCCN(C)CCCCCCN(C)CCCCCCCCCC. The molecule has 0 amide bonds. The van der Waals surface area contributed by atoms with E-state index in [1.807, 2.05) is 0 Å². The summed E-state index contributed by atoms with van der Waals surface area (Å²) in [4.78, 5) is 5.12. The first-order valence-electron chi connectivity index (χ1n) is 14.1. The van der Waals surface area contributed by atoms with Crippen molar-refractivity contribution in [2.24, 2.45) is 0 Å². The molecule has 0 saturated carbocycles. The summed E-state index contributed by atoms with van der Waals surface area (Å²) in [5, 5.41) is 0. The van der Waals surface area contributed by atoms with Crippen molar-refractivity contribution in [2.75, 3.05) is 40.3 Å². The topological polar surface area (TPSA) is 6.48 Å². The fraction of sp³-hybridized carbons (Fsp3) is 1.00. The average Bonchev–Trinajstić information content (AvgIpc) is 2.74. The lowest BCUT2D eigenvalue weighted by Crippen LogP contribution is -2.22. The van der Waals surface area contributed by atoms with Gasteiger partial charge in [-0.2, -0.15) is 0 Å². The van der Waals surface area contributed by atoms with Crippen LogP contribution in [-0.4, -0.2) is 50.1 Å². The highest BCUT2D eigenvalue weighted by Gasteiger charge is 2.01. The Bertz CT molecular complexity index is 275. The summed E-state index contributed by atoms with van der Waals surface area (Å²) in [5.41, 5.74) is 0. The Morgan fingerprint density at radius 1 is 0.300 bits per heavy atom. The van der Waals surface area contributed by atoms with E-state index in [9.17, 15) is 0 Å². The average molecular weight is 425 g/mol. The maximum absolute atomic E-state index is 2.56. The van der Waals surface area contributed by atoms with Gasteiger partial charge in [0.05, 0.1) is 0 Å². The molecule has 0 N–H and O–H groups in total. The van der Waals surface area contributed by atoms with Gasteiger partial charge in [0.15, 0.2) is 0 Å². The third kappa shape index (κ3) is 24.2. The fourth-order valence-corrected chi connectivity index (χ4v) is 4.37. The summed E-state index contributed by atoms with van der Waals surface area (Å²) >= 11 is 0. The second-order valence-corrected chi connectivity index (χ2v) is 9.97. The maximum atomic E-state index is 2.56. The molecular weight excluding hydrogens is 364 g/mol. The number of unbranched alkanes of at least 4 members (excludes halogenated alkanes) is 17. The van der Waals surface area contributed by atoms with Crippen LogP contribution in [0, 0.1) is 0 Å². The van der Waals surface area contributed by atoms with Crippen molar-refractivity contribution in [2.45, 2.75) is 142 Å². The van der Waals surface area contributed by atoms with Gasteiger partial charge in [0.1, 0.15) is 0 Å². The van der Waals surface area contributed by atoms with Crippen LogP contribution in [0.3, 0.4) is 0 Å². The molecule has 0 aliphatic carbocycles. The van der Waals surface area contributed by atoms with Crippen LogP contribution in [0.4, 0.5) is 0 Å². The van der Waals surface area contributed by atoms with E-state index in [2.05, 4.69) is 37.7 Å². The van der Waals surface area contributed by atoms with Gasteiger partial charge in [-0.05, 0) is 66.0 Å². The van der Waals surface area contributed by atoms with E-state index in [1.165, 1.54) is 155 Å². The zero-order chi connectivity index (χ0) is 22.1. The molecule has 30 heavy (non-hydrogen) atoms. The molecule has 0 spiro atoms. The minimum Gasteiger partial charge on any atom is -0.306 e. The Morgan fingerprint density at radius 2 is 0.500 bits per heavy atom. The predicted octanol–water partition coefficient (Wildman–Crippen LogP) is 8.69. The van der Waals surface area contributed by atoms with Gasteiger partial charge < -0.3 is 9.80 Å². The van der Waals surface area contributed by atoms with Gasteiger partial charge >= 0.3 is 0 Å². The molecule has 0 aromatic rings. The zero-order valence-electron chi connectivity index (χ0n) is 21.9. The quantitative estimate of drug-likeness (QED) is 0.135. The Labute approximate surface area is 192 Å². The second-order valence-electron chi connectivity index (χ2n) is 9.97. The van der Waals surface area contributed by atoms with Crippen molar-refractivity contribution in [3.63, 3.8) is 0 Å². The molecule has 2 nitrogen and oxygen atoms in total. The largest absolute Gasteiger partial charge is 0.306 e. The fourth-order valence-electron chi connectivity index (χ4n) is 4.37. The van der Waals surface area contributed by atoms with E-state index in [0.29, 0.717) is 0 Å². The van der Waals surface area contributed by atoms with Gasteiger partial charge in [-0.3, -0.25) is 0 Å². The van der Waals surface area contributed by atoms with Crippen LogP contribution < -0.4 is 0 Å². The molecule has 0 heterocycles. The van der Waals surface area contributed by atoms with Gasteiger partial charge in [-0.1, -0.05) is 117 Å². The Hall–Kier alpha value is -0.0800. The van der Waals surface area contributed by atoms with E-state index in [-0.39, 0.29) is 0 Å². The van der Waals surface area contributed by atoms with Crippen LogP contribution in [0.5, 0.6) is 0 Å². The van der Waals surface area contributed by atoms with E-state index >= 15 is 0 Å². The normalized spacial score (nSPS) is 11.8. The highest BCUT2D eigenvalue weighted by atomic mass is 15.1. The van der Waals surface area contributed by atoms with Crippen LogP contribution in [0.2, 0.25) is 0 Å². The molecule has 0 aliphatic rings. The van der Waals surface area contributed by atoms with E-state index in [0.717, 1.165) is 0 Å². The molecule has 0 aliphatic heterocycles. The standard InChI is InChI=1S/C28H60N2/c1-5-7-9-11-13-15-17-21-25-29(3)27-23-19-20-24-28-30(4)26-22-18-16-14-12-10-8-6-2/h5-28H2,1-4H3. The molecule has 0 atom stereocenters. The molecule has 0 bridgehead atoms. The van der Waals surface area contributed by atoms with E-state index in [4.69, 9.17) is 0 Å². The first-order chi connectivity index (χ1) is 14.7. The summed E-state index contributed by atoms with van der Waals surface area (Å²) in [5.74, 6) is 0. The van der Waals surface area contributed by atoms with Crippen molar-refractivity contribution in [3.05, 3.63) is 0 Å². The smallest absolute Gasteiger partial charge is 0.00218 e. The highest BCUT2D eigenvalue weighted by molar-refractivity contribution is 4.57. The summed E-state index contributed by atoms with van der Waals surface area (Å²) in [6.45, 7) is 9.79. The van der Waals surface area contributed by atoms with Crippen LogP contribution in [0.25, 0.3) is 0 Å². The summed E-state index contributed by atoms with van der Waals surface area (Å²) in [7, 11) is 4.64. The Kier molecular flexibility index (Phi) is 25.1. The van der Waals surface area contributed by atoms with Crippen LogP contribution >= 0.6 is 0 Å². The van der Waals surface area contributed by atoms with Gasteiger partial charge in [-0.15, -0.1) is 0 Å². The van der Waals surface area contributed by atoms with Crippen molar-refractivity contribution in [3.8, 4) is 0 Å². The van der Waals surface area contributed by atoms with Crippen molar-refractivity contribution in [1.82, 2.24) is 9.80 Å². The Morgan fingerprint density at radius 3 is 0.733 bits per heavy atom. The predicted molar refractivity (Wildman–Crippen MR) is 139 cm³/mol. The second kappa shape index (κ2) is 25.2. The summed E-state index contributed by atoms with van der Waals surface area (Å²) in [6.07, 6.45) is 28.4. The van der Waals surface area contributed by atoms with Gasteiger partial charge in [0, 0.05) is 0 Å². The lowest BCUT2D eigenvalue weighted by atomic mass is 10.1.